The summed E-state index contributed by atoms with van der Waals surface area (Å²) in [5.41, 5.74) is 0.637. The van der Waals surface area contributed by atoms with E-state index in [2.05, 4.69) is 5.32 Å². The van der Waals surface area contributed by atoms with Gasteiger partial charge < -0.3 is 5.32 Å². The number of nitrogens with one attached hydrogen (secondary N) is 1. The van der Waals surface area contributed by atoms with Crippen molar-refractivity contribution in [2.24, 2.45) is 0 Å². The lowest BCUT2D eigenvalue weighted by Crippen LogP contribution is -2.29. The first kappa shape index (κ1) is 10.1. The van der Waals surface area contributed by atoms with Gasteiger partial charge in [-0.2, -0.15) is 0 Å². The van der Waals surface area contributed by atoms with Crippen LogP contribution in [0.5, 0.6) is 0 Å². The summed E-state index contributed by atoms with van der Waals surface area (Å²) in [4.78, 5) is 11.4. The number of carbonyl (C=O) groups is 1. The molecule has 0 saturated heterocycles. The van der Waals surface area contributed by atoms with Crippen LogP contribution in [0.4, 0.5) is 0 Å². The SMILES string of the molecule is CC(C)N[11C](=O)c1ccc(Cl)cc1. The molecule has 1 aromatic carbocycles. The number of benzene rings is 1. The lowest BCUT2D eigenvalue weighted by Gasteiger charge is -2.07. The van der Waals surface area contributed by atoms with E-state index < -0.39 is 0 Å². The van der Waals surface area contributed by atoms with Gasteiger partial charge in [0.25, 0.3) is 5.91 Å². The largest absolute Gasteiger partial charge is 0.350 e. The zero-order valence-corrected chi connectivity index (χ0v) is 8.43. The zero-order valence-electron chi connectivity index (χ0n) is 7.67. The topological polar surface area (TPSA) is 29.1 Å². The summed E-state index contributed by atoms with van der Waals surface area (Å²) in [5.74, 6) is -0.0633. The molecule has 0 radical (unpaired) electrons. The third-order valence-corrected chi connectivity index (χ3v) is 1.78. The molecule has 0 unspecified atom stereocenters. The molecular formula is C10H12ClNO. The number of rotatable bonds is 2. The molecule has 1 N–H and O–H groups in total. The van der Waals surface area contributed by atoms with Crippen molar-refractivity contribution in [2.45, 2.75) is 19.9 Å². The van der Waals surface area contributed by atoms with Crippen LogP contribution >= 0.6 is 11.6 Å². The summed E-state index contributed by atoms with van der Waals surface area (Å²) in [6.45, 7) is 3.85. The maximum Gasteiger partial charge on any atom is 0.251 e. The molecule has 0 heterocycles. The lowest BCUT2D eigenvalue weighted by atomic mass is 9.88. The van der Waals surface area contributed by atoms with E-state index in [0.29, 0.717) is 10.6 Å². The monoisotopic (exact) mass is 196 g/mol. The van der Waals surface area contributed by atoms with Gasteiger partial charge in [-0.05, 0) is 38.1 Å². The van der Waals surface area contributed by atoms with Gasteiger partial charge in [0.05, 0.1) is 0 Å². The molecule has 0 aliphatic heterocycles. The molecular weight excluding hydrogens is 185 g/mol. The minimum Gasteiger partial charge on any atom is -0.350 e. The van der Waals surface area contributed by atoms with E-state index in [1.54, 1.807) is 24.3 Å². The fourth-order valence-electron chi connectivity index (χ4n) is 0.947. The van der Waals surface area contributed by atoms with E-state index >= 15 is 0 Å². The average molecular weight is 197 g/mol. The standard InChI is InChI=1S/C10H12ClNO/c1-7(2)12-10(13)8-3-5-9(11)6-4-8/h3-7H,1-2H3,(H,12,13)/i10-1. The van der Waals surface area contributed by atoms with Gasteiger partial charge in [-0.25, -0.2) is 0 Å². The maximum atomic E-state index is 11.4. The van der Waals surface area contributed by atoms with Crippen molar-refractivity contribution in [1.82, 2.24) is 5.32 Å². The zero-order chi connectivity index (χ0) is 9.84. The fraction of sp³-hybridized carbons (Fsp3) is 0.300. The molecule has 0 fully saturated rings. The third-order valence-electron chi connectivity index (χ3n) is 1.53. The van der Waals surface area contributed by atoms with Crippen LogP contribution in [0.2, 0.25) is 5.02 Å². The van der Waals surface area contributed by atoms with E-state index in [-0.39, 0.29) is 11.9 Å². The van der Waals surface area contributed by atoms with E-state index in [1.165, 1.54) is 0 Å². The highest BCUT2D eigenvalue weighted by Gasteiger charge is 2.05. The Hall–Kier alpha value is -1.02. The van der Waals surface area contributed by atoms with Crippen LogP contribution in [-0.4, -0.2) is 11.9 Å². The van der Waals surface area contributed by atoms with Gasteiger partial charge in [0.1, 0.15) is 0 Å². The van der Waals surface area contributed by atoms with Crippen molar-refractivity contribution in [3.63, 3.8) is 0 Å². The average Bonchev–Trinajstić information content (AvgIpc) is 2.04. The third kappa shape index (κ3) is 3.07. The smallest absolute Gasteiger partial charge is 0.251 e. The summed E-state index contributed by atoms with van der Waals surface area (Å²) < 4.78 is 0. The molecule has 1 amide bonds. The Bertz CT molecular complexity index is 292. The van der Waals surface area contributed by atoms with Crippen molar-refractivity contribution in [3.05, 3.63) is 34.9 Å². The molecule has 3 heteroatoms. The fourth-order valence-corrected chi connectivity index (χ4v) is 1.07. The van der Waals surface area contributed by atoms with Gasteiger partial charge in [-0.1, -0.05) is 11.6 Å². The Morgan fingerprint density at radius 1 is 1.31 bits per heavy atom. The normalized spacial score (nSPS) is 10.2. The highest BCUT2D eigenvalue weighted by Crippen LogP contribution is 2.09. The Morgan fingerprint density at radius 3 is 2.31 bits per heavy atom. The molecule has 0 atom stereocenters. The van der Waals surface area contributed by atoms with E-state index in [1.807, 2.05) is 13.8 Å². The van der Waals surface area contributed by atoms with Crippen LogP contribution in [0.25, 0.3) is 0 Å². The predicted octanol–water partition coefficient (Wildman–Crippen LogP) is 2.48. The Balaban J connectivity index is 2.72. The molecule has 1 aromatic rings. The molecule has 0 bridgehead atoms. The van der Waals surface area contributed by atoms with Gasteiger partial charge in [0.15, 0.2) is 0 Å². The van der Waals surface area contributed by atoms with Crippen LogP contribution in [0.3, 0.4) is 0 Å². The van der Waals surface area contributed by atoms with E-state index in [0.717, 1.165) is 0 Å². The molecule has 0 aliphatic carbocycles. The molecule has 0 spiro atoms. The van der Waals surface area contributed by atoms with Crippen LogP contribution in [0, 0.1) is 0 Å². The summed E-state index contributed by atoms with van der Waals surface area (Å²) in [6.07, 6.45) is 0. The molecule has 13 heavy (non-hydrogen) atoms. The Morgan fingerprint density at radius 2 is 1.85 bits per heavy atom. The number of hydrogen-bond acceptors (Lipinski definition) is 1. The minimum absolute atomic E-state index is 0.0633. The van der Waals surface area contributed by atoms with E-state index in [9.17, 15) is 4.79 Å². The van der Waals surface area contributed by atoms with Crippen molar-refractivity contribution in [2.75, 3.05) is 0 Å². The van der Waals surface area contributed by atoms with Crippen LogP contribution < -0.4 is 5.32 Å². The second kappa shape index (κ2) is 4.28. The van der Waals surface area contributed by atoms with Gasteiger partial charge in [-0.15, -0.1) is 0 Å². The highest BCUT2D eigenvalue weighted by atomic mass is 35.5. The maximum absolute atomic E-state index is 11.4. The number of halogens is 1. The first-order valence-corrected chi connectivity index (χ1v) is 4.54. The molecule has 2 nitrogen and oxygen atoms in total. The second-order valence-corrected chi connectivity index (χ2v) is 3.57. The number of amides is 1. The minimum atomic E-state index is -0.0633. The van der Waals surface area contributed by atoms with Crippen molar-refractivity contribution in [1.29, 1.82) is 0 Å². The Kier molecular flexibility index (Phi) is 3.32. The predicted molar refractivity (Wildman–Crippen MR) is 54.1 cm³/mol. The Labute approximate surface area is 82.9 Å². The van der Waals surface area contributed by atoms with Crippen LogP contribution in [0.1, 0.15) is 24.2 Å². The molecule has 0 saturated carbocycles. The molecule has 1 rings (SSSR count). The highest BCUT2D eigenvalue weighted by molar-refractivity contribution is 6.30. The number of carbonyl (C=O) groups excluding carboxylic acids is 1. The summed E-state index contributed by atoms with van der Waals surface area (Å²) in [5, 5.41) is 3.44. The van der Waals surface area contributed by atoms with Crippen molar-refractivity contribution < 1.29 is 4.79 Å². The summed E-state index contributed by atoms with van der Waals surface area (Å²) in [7, 11) is 0. The van der Waals surface area contributed by atoms with Crippen molar-refractivity contribution in [3.8, 4) is 0 Å². The summed E-state index contributed by atoms with van der Waals surface area (Å²) >= 11 is 5.69. The number of hydrogen-bond donors (Lipinski definition) is 1. The first-order chi connectivity index (χ1) is 6.09. The molecule has 70 valence electrons. The lowest BCUT2D eigenvalue weighted by molar-refractivity contribution is 0.0943. The van der Waals surface area contributed by atoms with Gasteiger partial charge in [0, 0.05) is 16.6 Å². The van der Waals surface area contributed by atoms with Crippen LogP contribution in [0.15, 0.2) is 24.3 Å². The van der Waals surface area contributed by atoms with Gasteiger partial charge in [0.2, 0.25) is 0 Å². The molecule has 0 aromatic heterocycles. The van der Waals surface area contributed by atoms with Crippen LogP contribution in [-0.2, 0) is 0 Å². The van der Waals surface area contributed by atoms with Crippen molar-refractivity contribution >= 4 is 17.5 Å². The second-order valence-electron chi connectivity index (χ2n) is 3.14. The summed E-state index contributed by atoms with van der Waals surface area (Å²) in [6, 6.07) is 6.98. The van der Waals surface area contributed by atoms with E-state index in [4.69, 9.17) is 11.6 Å². The quantitative estimate of drug-likeness (QED) is 0.774. The van der Waals surface area contributed by atoms with Gasteiger partial charge >= 0.3 is 0 Å². The van der Waals surface area contributed by atoms with Gasteiger partial charge in [-0.3, -0.25) is 4.79 Å². The molecule has 0 aliphatic rings. The first-order valence-electron chi connectivity index (χ1n) is 4.16.